The quantitative estimate of drug-likeness (QED) is 0.846. The molecule has 6 nitrogen and oxygen atoms in total. The van der Waals surface area contributed by atoms with Crippen molar-refractivity contribution in [2.75, 3.05) is 20.3 Å². The molecule has 1 atom stereocenters. The fourth-order valence-corrected chi connectivity index (χ4v) is 2.21. The predicted octanol–water partition coefficient (Wildman–Crippen LogP) is 1.57. The number of carbonyl (C=O) groups excluding carboxylic acids is 1. The van der Waals surface area contributed by atoms with Crippen molar-refractivity contribution in [2.24, 2.45) is 0 Å². The molecule has 22 heavy (non-hydrogen) atoms. The predicted molar refractivity (Wildman–Crippen MR) is 83.5 cm³/mol. The normalized spacial score (nSPS) is 12.2. The van der Waals surface area contributed by atoms with E-state index in [0.29, 0.717) is 16.4 Å². The van der Waals surface area contributed by atoms with E-state index in [2.05, 4.69) is 10.4 Å². The molecule has 0 radical (unpaired) electrons. The van der Waals surface area contributed by atoms with Crippen LogP contribution in [0.2, 0.25) is 5.02 Å². The molecule has 2 rings (SSSR count). The van der Waals surface area contributed by atoms with Crippen LogP contribution in [-0.4, -0.2) is 47.2 Å². The Morgan fingerprint density at radius 2 is 2.23 bits per heavy atom. The largest absolute Gasteiger partial charge is 0.389 e. The first kappa shape index (κ1) is 16.5. The van der Waals surface area contributed by atoms with Gasteiger partial charge in [-0.2, -0.15) is 5.10 Å². The molecule has 118 valence electrons. The number of nitrogens with one attached hydrogen (secondary N) is 1. The first-order chi connectivity index (χ1) is 10.5. The van der Waals surface area contributed by atoms with Crippen LogP contribution in [0.4, 0.5) is 0 Å². The maximum absolute atomic E-state index is 12.1. The van der Waals surface area contributed by atoms with E-state index < -0.39 is 6.10 Å². The molecule has 2 N–H and O–H groups in total. The van der Waals surface area contributed by atoms with E-state index >= 15 is 0 Å². The minimum absolute atomic E-state index is 0.102. The van der Waals surface area contributed by atoms with Crippen molar-refractivity contribution in [2.45, 2.75) is 13.0 Å². The van der Waals surface area contributed by atoms with Crippen LogP contribution in [0.5, 0.6) is 0 Å². The fraction of sp³-hybridized carbons (Fsp3) is 0.333. The van der Waals surface area contributed by atoms with Gasteiger partial charge in [0.2, 0.25) is 0 Å². The van der Waals surface area contributed by atoms with E-state index in [1.165, 1.54) is 7.11 Å². The third-order valence-electron chi connectivity index (χ3n) is 3.07. The lowest BCUT2D eigenvalue weighted by Gasteiger charge is -2.10. The summed E-state index contributed by atoms with van der Waals surface area (Å²) >= 11 is 6.13. The van der Waals surface area contributed by atoms with Crippen LogP contribution in [0.25, 0.3) is 5.69 Å². The molecule has 0 spiro atoms. The summed E-state index contributed by atoms with van der Waals surface area (Å²) in [5.41, 5.74) is 1.72. The number of hydrogen-bond donors (Lipinski definition) is 2. The van der Waals surface area contributed by atoms with E-state index in [4.69, 9.17) is 16.3 Å². The second-order valence-corrected chi connectivity index (χ2v) is 5.28. The molecule has 1 amide bonds. The molecule has 0 fully saturated rings. The molecule has 1 aromatic carbocycles. The number of halogens is 1. The van der Waals surface area contributed by atoms with Crippen molar-refractivity contribution in [1.29, 1.82) is 0 Å². The van der Waals surface area contributed by atoms with Crippen molar-refractivity contribution >= 4 is 17.5 Å². The molecule has 7 heteroatoms. The van der Waals surface area contributed by atoms with Crippen LogP contribution in [0.3, 0.4) is 0 Å². The Hall–Kier alpha value is -1.89. The van der Waals surface area contributed by atoms with Crippen LogP contribution in [0.15, 0.2) is 30.5 Å². The summed E-state index contributed by atoms with van der Waals surface area (Å²) in [7, 11) is 1.49. The topological polar surface area (TPSA) is 76.4 Å². The maximum atomic E-state index is 12.1. The zero-order chi connectivity index (χ0) is 16.1. The second-order valence-electron chi connectivity index (χ2n) is 4.88. The summed E-state index contributed by atoms with van der Waals surface area (Å²) < 4.78 is 6.37. The number of aliphatic hydroxyl groups excluding tert-OH is 1. The number of hydrogen-bond acceptors (Lipinski definition) is 4. The number of methoxy groups -OCH3 is 1. The van der Waals surface area contributed by atoms with Gasteiger partial charge in [-0.3, -0.25) is 4.79 Å². The highest BCUT2D eigenvalue weighted by molar-refractivity contribution is 6.32. The van der Waals surface area contributed by atoms with Crippen molar-refractivity contribution in [3.8, 4) is 5.69 Å². The number of ether oxygens (including phenoxy) is 1. The zero-order valence-electron chi connectivity index (χ0n) is 12.4. The SMILES string of the molecule is COCC(O)CNC(=O)c1nn(-c2ccccc2Cl)cc1C. The van der Waals surface area contributed by atoms with E-state index in [1.54, 1.807) is 23.9 Å². The molecular weight excluding hydrogens is 306 g/mol. The van der Waals surface area contributed by atoms with Crippen molar-refractivity contribution in [3.63, 3.8) is 0 Å². The number of amides is 1. The summed E-state index contributed by atoms with van der Waals surface area (Å²) in [4.78, 5) is 12.1. The Bertz CT molecular complexity index is 657. The molecule has 0 saturated carbocycles. The average Bonchev–Trinajstić information content (AvgIpc) is 2.87. The fourth-order valence-electron chi connectivity index (χ4n) is 1.99. The third kappa shape index (κ3) is 3.85. The molecular formula is C15H18ClN3O3. The van der Waals surface area contributed by atoms with Crippen LogP contribution in [0, 0.1) is 6.92 Å². The number of carbonyl (C=O) groups is 1. The summed E-state index contributed by atoms with van der Waals surface area (Å²) in [6.45, 7) is 2.05. The molecule has 0 saturated heterocycles. The van der Waals surface area contributed by atoms with Gasteiger partial charge in [0.15, 0.2) is 5.69 Å². The van der Waals surface area contributed by atoms with Gasteiger partial charge in [-0.05, 0) is 19.1 Å². The summed E-state index contributed by atoms with van der Waals surface area (Å²) in [5.74, 6) is -0.349. The molecule has 0 aliphatic heterocycles. The molecule has 0 aliphatic carbocycles. The number of rotatable bonds is 6. The van der Waals surface area contributed by atoms with Gasteiger partial charge in [0.05, 0.1) is 23.4 Å². The number of benzene rings is 1. The summed E-state index contributed by atoms with van der Waals surface area (Å²) in [6, 6.07) is 7.25. The Labute approximate surface area is 133 Å². The number of aliphatic hydroxyl groups is 1. The first-order valence-corrected chi connectivity index (χ1v) is 7.17. The van der Waals surface area contributed by atoms with Gasteiger partial charge in [0.25, 0.3) is 5.91 Å². The standard InChI is InChI=1S/C15H18ClN3O3/c1-10-8-19(13-6-4-3-5-12(13)16)18-14(10)15(21)17-7-11(20)9-22-2/h3-6,8,11,20H,7,9H2,1-2H3,(H,17,21). The van der Waals surface area contributed by atoms with Gasteiger partial charge in [0.1, 0.15) is 0 Å². The van der Waals surface area contributed by atoms with Crippen LogP contribution in [0.1, 0.15) is 16.1 Å². The molecule has 0 aliphatic rings. The minimum Gasteiger partial charge on any atom is -0.389 e. The average molecular weight is 324 g/mol. The number of aromatic nitrogens is 2. The van der Waals surface area contributed by atoms with E-state index in [-0.39, 0.29) is 19.1 Å². The van der Waals surface area contributed by atoms with Gasteiger partial charge < -0.3 is 15.2 Å². The zero-order valence-corrected chi connectivity index (χ0v) is 13.2. The maximum Gasteiger partial charge on any atom is 0.272 e. The molecule has 1 unspecified atom stereocenters. The highest BCUT2D eigenvalue weighted by atomic mass is 35.5. The first-order valence-electron chi connectivity index (χ1n) is 6.79. The molecule has 0 bridgehead atoms. The lowest BCUT2D eigenvalue weighted by atomic mass is 10.2. The Balaban J connectivity index is 2.13. The van der Waals surface area contributed by atoms with E-state index in [9.17, 15) is 9.90 Å². The lowest BCUT2D eigenvalue weighted by Crippen LogP contribution is -2.34. The van der Waals surface area contributed by atoms with Crippen LogP contribution < -0.4 is 5.32 Å². The third-order valence-corrected chi connectivity index (χ3v) is 3.39. The van der Waals surface area contributed by atoms with Gasteiger partial charge in [0, 0.05) is 25.4 Å². The van der Waals surface area contributed by atoms with E-state index in [1.807, 2.05) is 18.2 Å². The Morgan fingerprint density at radius 1 is 1.50 bits per heavy atom. The lowest BCUT2D eigenvalue weighted by molar-refractivity contribution is 0.0608. The van der Waals surface area contributed by atoms with Gasteiger partial charge in [-0.15, -0.1) is 0 Å². The molecule has 1 aromatic heterocycles. The highest BCUT2D eigenvalue weighted by Crippen LogP contribution is 2.20. The van der Waals surface area contributed by atoms with Crippen molar-refractivity contribution in [3.05, 3.63) is 46.7 Å². The van der Waals surface area contributed by atoms with Crippen molar-refractivity contribution < 1.29 is 14.6 Å². The van der Waals surface area contributed by atoms with Crippen LogP contribution in [-0.2, 0) is 4.74 Å². The van der Waals surface area contributed by atoms with Crippen LogP contribution >= 0.6 is 11.6 Å². The highest BCUT2D eigenvalue weighted by Gasteiger charge is 2.16. The van der Waals surface area contributed by atoms with E-state index in [0.717, 1.165) is 5.56 Å². The minimum atomic E-state index is -0.750. The number of nitrogens with zero attached hydrogens (tertiary/aromatic N) is 2. The monoisotopic (exact) mass is 323 g/mol. The Morgan fingerprint density at radius 3 is 2.91 bits per heavy atom. The van der Waals surface area contributed by atoms with Gasteiger partial charge in [-0.25, -0.2) is 4.68 Å². The summed E-state index contributed by atoms with van der Waals surface area (Å²) in [6.07, 6.45) is 0.988. The molecule has 2 aromatic rings. The molecule has 1 heterocycles. The number of aryl methyl sites for hydroxylation is 1. The summed E-state index contributed by atoms with van der Waals surface area (Å²) in [5, 5.41) is 17.0. The van der Waals surface area contributed by atoms with Crippen molar-refractivity contribution in [1.82, 2.24) is 15.1 Å². The Kier molecular flexibility index (Phi) is 5.54. The van der Waals surface area contributed by atoms with Gasteiger partial charge >= 0.3 is 0 Å². The smallest absolute Gasteiger partial charge is 0.272 e. The second kappa shape index (κ2) is 7.40. The van der Waals surface area contributed by atoms with Gasteiger partial charge in [-0.1, -0.05) is 23.7 Å². The number of para-hydroxylation sites is 1.